The van der Waals surface area contributed by atoms with Gasteiger partial charge in [0, 0.05) is 18.4 Å². The Morgan fingerprint density at radius 2 is 2.00 bits per heavy atom. The highest BCUT2D eigenvalue weighted by Crippen LogP contribution is 2.24. The molecule has 0 radical (unpaired) electrons. The molecule has 0 amide bonds. The minimum atomic E-state index is 0.221. The van der Waals surface area contributed by atoms with E-state index in [0.717, 1.165) is 12.1 Å². The van der Waals surface area contributed by atoms with Gasteiger partial charge in [0.05, 0.1) is 13.2 Å². The Bertz CT molecular complexity index is 328. The Balaban J connectivity index is 2.86. The number of unbranched alkanes of at least 4 members (excludes halogenated alkanes) is 1. The summed E-state index contributed by atoms with van der Waals surface area (Å²) in [5, 5.41) is 3.52. The summed E-state index contributed by atoms with van der Waals surface area (Å²) in [5.41, 5.74) is 0.914. The Kier molecular flexibility index (Phi) is 5.91. The van der Waals surface area contributed by atoms with Crippen LogP contribution in [0.15, 0.2) is 12.4 Å². The lowest BCUT2D eigenvalue weighted by molar-refractivity contribution is 0.363. The first-order chi connectivity index (χ1) is 8.19. The predicted octanol–water partition coefficient (Wildman–Crippen LogP) is 2.71. The van der Waals surface area contributed by atoms with Crippen LogP contribution in [0.25, 0.3) is 0 Å². The van der Waals surface area contributed by atoms with Crippen LogP contribution in [0.2, 0.25) is 0 Å². The van der Waals surface area contributed by atoms with Crippen molar-refractivity contribution in [1.82, 2.24) is 15.3 Å². The molecule has 96 valence electrons. The maximum atomic E-state index is 5.27. The molecule has 17 heavy (non-hydrogen) atoms. The highest BCUT2D eigenvalue weighted by Gasteiger charge is 2.18. The molecular weight excluding hydrogens is 214 g/mol. The number of nitrogens with one attached hydrogen (secondary N) is 1. The SMILES string of the molecule is CCCCC(NC(C)C)c1nccnc1OC. The van der Waals surface area contributed by atoms with Crippen LogP contribution in [0.3, 0.4) is 0 Å². The zero-order chi connectivity index (χ0) is 12.7. The van der Waals surface area contributed by atoms with E-state index in [-0.39, 0.29) is 6.04 Å². The van der Waals surface area contributed by atoms with E-state index in [1.807, 2.05) is 0 Å². The molecule has 1 rings (SSSR count). The van der Waals surface area contributed by atoms with E-state index in [4.69, 9.17) is 4.74 Å². The van der Waals surface area contributed by atoms with E-state index in [0.29, 0.717) is 11.9 Å². The highest BCUT2D eigenvalue weighted by molar-refractivity contribution is 5.21. The molecule has 4 nitrogen and oxygen atoms in total. The Labute approximate surface area is 104 Å². The summed E-state index contributed by atoms with van der Waals surface area (Å²) in [6.45, 7) is 6.48. The summed E-state index contributed by atoms with van der Waals surface area (Å²) in [6, 6.07) is 0.641. The van der Waals surface area contributed by atoms with Crippen LogP contribution < -0.4 is 10.1 Å². The minimum absolute atomic E-state index is 0.221. The molecule has 1 atom stereocenters. The quantitative estimate of drug-likeness (QED) is 0.792. The zero-order valence-corrected chi connectivity index (χ0v) is 11.2. The van der Waals surface area contributed by atoms with Crippen LogP contribution in [-0.2, 0) is 0 Å². The third-order valence-corrected chi connectivity index (χ3v) is 2.60. The molecule has 0 saturated carbocycles. The molecule has 1 unspecified atom stereocenters. The van der Waals surface area contributed by atoms with Gasteiger partial charge < -0.3 is 10.1 Å². The van der Waals surface area contributed by atoms with Gasteiger partial charge in [-0.15, -0.1) is 0 Å². The lowest BCUT2D eigenvalue weighted by Gasteiger charge is -2.21. The highest BCUT2D eigenvalue weighted by atomic mass is 16.5. The lowest BCUT2D eigenvalue weighted by atomic mass is 10.1. The third kappa shape index (κ3) is 4.30. The molecular formula is C13H23N3O. The average Bonchev–Trinajstić information content (AvgIpc) is 2.34. The summed E-state index contributed by atoms with van der Waals surface area (Å²) in [5.74, 6) is 0.627. The van der Waals surface area contributed by atoms with Crippen LogP contribution in [0.5, 0.6) is 5.88 Å². The molecule has 0 fully saturated rings. The predicted molar refractivity (Wildman–Crippen MR) is 69.1 cm³/mol. The van der Waals surface area contributed by atoms with Crippen molar-refractivity contribution in [3.05, 3.63) is 18.1 Å². The Morgan fingerprint density at radius 1 is 1.29 bits per heavy atom. The fraction of sp³-hybridized carbons (Fsp3) is 0.692. The molecule has 0 spiro atoms. The van der Waals surface area contributed by atoms with Crippen LogP contribution in [0.4, 0.5) is 0 Å². The van der Waals surface area contributed by atoms with Gasteiger partial charge in [-0.3, -0.25) is 4.98 Å². The van der Waals surface area contributed by atoms with Crippen molar-refractivity contribution < 1.29 is 4.74 Å². The van der Waals surface area contributed by atoms with Crippen molar-refractivity contribution in [2.24, 2.45) is 0 Å². The van der Waals surface area contributed by atoms with Gasteiger partial charge >= 0.3 is 0 Å². The van der Waals surface area contributed by atoms with Gasteiger partial charge in [0.25, 0.3) is 0 Å². The smallest absolute Gasteiger partial charge is 0.236 e. The van der Waals surface area contributed by atoms with E-state index >= 15 is 0 Å². The van der Waals surface area contributed by atoms with Gasteiger partial charge in [0.2, 0.25) is 5.88 Å². The van der Waals surface area contributed by atoms with Gasteiger partial charge in [-0.05, 0) is 6.42 Å². The molecule has 0 aliphatic heterocycles. The molecule has 0 saturated heterocycles. The summed E-state index contributed by atoms with van der Waals surface area (Å²) >= 11 is 0. The van der Waals surface area contributed by atoms with E-state index in [2.05, 4.69) is 36.1 Å². The monoisotopic (exact) mass is 237 g/mol. The fourth-order valence-corrected chi connectivity index (χ4v) is 1.84. The summed E-state index contributed by atoms with van der Waals surface area (Å²) < 4.78 is 5.27. The average molecular weight is 237 g/mol. The molecule has 1 aromatic heterocycles. The van der Waals surface area contributed by atoms with Crippen molar-refractivity contribution >= 4 is 0 Å². The van der Waals surface area contributed by atoms with Crippen LogP contribution in [0.1, 0.15) is 51.8 Å². The second-order valence-corrected chi connectivity index (χ2v) is 4.47. The first-order valence-electron chi connectivity index (χ1n) is 6.30. The molecule has 4 heteroatoms. The number of nitrogens with zero attached hydrogens (tertiary/aromatic N) is 2. The standard InChI is InChI=1S/C13H23N3O/c1-5-6-7-11(16-10(2)3)12-13(17-4)15-9-8-14-12/h8-11,16H,5-7H2,1-4H3. The fourth-order valence-electron chi connectivity index (χ4n) is 1.84. The van der Waals surface area contributed by atoms with Crippen molar-refractivity contribution in [2.45, 2.75) is 52.1 Å². The molecule has 1 aromatic rings. The molecule has 1 N–H and O–H groups in total. The number of methoxy groups -OCH3 is 1. The summed E-state index contributed by atoms with van der Waals surface area (Å²) in [7, 11) is 1.64. The van der Waals surface area contributed by atoms with Crippen molar-refractivity contribution in [1.29, 1.82) is 0 Å². The number of hydrogen-bond donors (Lipinski definition) is 1. The molecule has 0 aromatic carbocycles. The second-order valence-electron chi connectivity index (χ2n) is 4.47. The van der Waals surface area contributed by atoms with E-state index in [1.165, 1.54) is 12.8 Å². The normalized spacial score (nSPS) is 12.8. The lowest BCUT2D eigenvalue weighted by Crippen LogP contribution is -2.29. The minimum Gasteiger partial charge on any atom is -0.480 e. The molecule has 0 aliphatic rings. The van der Waals surface area contributed by atoms with E-state index in [1.54, 1.807) is 19.5 Å². The Morgan fingerprint density at radius 3 is 2.59 bits per heavy atom. The summed E-state index contributed by atoms with van der Waals surface area (Å²) in [6.07, 6.45) is 6.79. The van der Waals surface area contributed by atoms with E-state index in [9.17, 15) is 0 Å². The third-order valence-electron chi connectivity index (χ3n) is 2.60. The van der Waals surface area contributed by atoms with Crippen LogP contribution >= 0.6 is 0 Å². The van der Waals surface area contributed by atoms with E-state index < -0.39 is 0 Å². The first kappa shape index (κ1) is 13.9. The van der Waals surface area contributed by atoms with Gasteiger partial charge in [0.15, 0.2) is 0 Å². The maximum absolute atomic E-state index is 5.27. The molecule has 0 aliphatic carbocycles. The van der Waals surface area contributed by atoms with Gasteiger partial charge in [0.1, 0.15) is 5.69 Å². The van der Waals surface area contributed by atoms with Gasteiger partial charge in [-0.25, -0.2) is 4.98 Å². The van der Waals surface area contributed by atoms with Crippen LogP contribution in [-0.4, -0.2) is 23.1 Å². The second kappa shape index (κ2) is 7.22. The van der Waals surface area contributed by atoms with Crippen molar-refractivity contribution in [3.63, 3.8) is 0 Å². The molecule has 0 bridgehead atoms. The van der Waals surface area contributed by atoms with Crippen molar-refractivity contribution in [3.8, 4) is 5.88 Å². The zero-order valence-electron chi connectivity index (χ0n) is 11.2. The number of rotatable bonds is 7. The van der Waals surface area contributed by atoms with Crippen LogP contribution in [0, 0.1) is 0 Å². The number of ether oxygens (including phenoxy) is 1. The van der Waals surface area contributed by atoms with Crippen molar-refractivity contribution in [2.75, 3.05) is 7.11 Å². The van der Waals surface area contributed by atoms with Gasteiger partial charge in [-0.2, -0.15) is 0 Å². The topological polar surface area (TPSA) is 47.0 Å². The number of aromatic nitrogens is 2. The molecule has 1 heterocycles. The number of hydrogen-bond acceptors (Lipinski definition) is 4. The maximum Gasteiger partial charge on any atom is 0.236 e. The Hall–Kier alpha value is -1.16. The first-order valence-corrected chi connectivity index (χ1v) is 6.30. The summed E-state index contributed by atoms with van der Waals surface area (Å²) in [4.78, 5) is 8.61. The van der Waals surface area contributed by atoms with Gasteiger partial charge in [-0.1, -0.05) is 33.6 Å². The largest absolute Gasteiger partial charge is 0.480 e.